The van der Waals surface area contributed by atoms with E-state index in [2.05, 4.69) is 5.32 Å². The summed E-state index contributed by atoms with van der Waals surface area (Å²) in [6, 6.07) is 15.7. The van der Waals surface area contributed by atoms with E-state index in [0.29, 0.717) is 10.6 Å². The van der Waals surface area contributed by atoms with E-state index < -0.39 is 11.5 Å². The summed E-state index contributed by atoms with van der Waals surface area (Å²) in [5, 5.41) is 3.89. The van der Waals surface area contributed by atoms with Crippen LogP contribution in [0.2, 0.25) is 5.02 Å². The molecule has 2 aromatic carbocycles. The first-order chi connectivity index (χ1) is 11.1. The van der Waals surface area contributed by atoms with Gasteiger partial charge in [-0.3, -0.25) is 4.79 Å². The van der Waals surface area contributed by atoms with Crippen molar-refractivity contribution in [2.75, 3.05) is 5.32 Å². The number of carbonyl (C=O) groups excluding carboxylic acids is 1. The van der Waals surface area contributed by atoms with Gasteiger partial charge in [0.15, 0.2) is 0 Å². The van der Waals surface area contributed by atoms with Crippen LogP contribution in [-0.2, 0) is 4.79 Å². The zero-order valence-corrected chi connectivity index (χ0v) is 12.7. The Morgan fingerprint density at radius 3 is 2.61 bits per heavy atom. The van der Waals surface area contributed by atoms with Crippen LogP contribution in [0.3, 0.4) is 0 Å². The molecule has 23 heavy (non-hydrogen) atoms. The molecule has 1 heterocycles. The summed E-state index contributed by atoms with van der Waals surface area (Å²) in [5.41, 5.74) is 0.828. The summed E-state index contributed by atoms with van der Waals surface area (Å²) in [4.78, 5) is 23.8. The van der Waals surface area contributed by atoms with Gasteiger partial charge in [-0.15, -0.1) is 0 Å². The molecule has 0 saturated carbocycles. The zero-order chi connectivity index (χ0) is 16.2. The molecule has 0 radical (unpaired) electrons. The van der Waals surface area contributed by atoms with E-state index in [4.69, 9.17) is 16.0 Å². The summed E-state index contributed by atoms with van der Waals surface area (Å²) in [6.45, 7) is 0. The second kappa shape index (κ2) is 6.50. The number of carbonyl (C=O) groups is 1. The largest absolute Gasteiger partial charge is 0.421 e. The Bertz CT molecular complexity index is 942. The van der Waals surface area contributed by atoms with Crippen molar-refractivity contribution in [2.24, 2.45) is 0 Å². The van der Waals surface area contributed by atoms with Crippen LogP contribution in [0, 0.1) is 0 Å². The summed E-state index contributed by atoms with van der Waals surface area (Å²) in [5.74, 6) is -0.414. The SMILES string of the molecule is O=C(C=Cc1ccc(Cl)cc1)Nc1cc2ccccc2oc1=O. The smallest absolute Gasteiger partial charge is 0.360 e. The number of nitrogens with one attached hydrogen (secondary N) is 1. The number of amides is 1. The fourth-order valence-electron chi connectivity index (χ4n) is 2.07. The van der Waals surface area contributed by atoms with E-state index in [1.54, 1.807) is 54.6 Å². The molecule has 3 aromatic rings. The van der Waals surface area contributed by atoms with Crippen molar-refractivity contribution in [2.45, 2.75) is 0 Å². The van der Waals surface area contributed by atoms with Crippen molar-refractivity contribution in [1.82, 2.24) is 0 Å². The standard InChI is InChI=1S/C18H12ClNO3/c19-14-8-5-12(6-9-14)7-10-17(21)20-15-11-13-3-1-2-4-16(13)23-18(15)22/h1-11H,(H,20,21). The Morgan fingerprint density at radius 2 is 1.83 bits per heavy atom. The molecule has 0 saturated heterocycles. The minimum Gasteiger partial charge on any atom is -0.421 e. The molecule has 1 amide bonds. The monoisotopic (exact) mass is 325 g/mol. The average molecular weight is 326 g/mol. The second-order valence-electron chi connectivity index (χ2n) is 4.86. The number of hydrogen-bond donors (Lipinski definition) is 1. The number of benzene rings is 2. The van der Waals surface area contributed by atoms with Crippen LogP contribution in [-0.4, -0.2) is 5.91 Å². The quantitative estimate of drug-likeness (QED) is 0.582. The second-order valence-corrected chi connectivity index (χ2v) is 5.30. The molecule has 0 aliphatic heterocycles. The van der Waals surface area contributed by atoms with E-state index in [1.165, 1.54) is 6.08 Å². The lowest BCUT2D eigenvalue weighted by Crippen LogP contribution is -2.15. The van der Waals surface area contributed by atoms with Crippen molar-refractivity contribution in [3.63, 3.8) is 0 Å². The predicted octanol–water partition coefficient (Wildman–Crippen LogP) is 4.10. The van der Waals surface area contributed by atoms with Crippen molar-refractivity contribution in [3.8, 4) is 0 Å². The highest BCUT2D eigenvalue weighted by atomic mass is 35.5. The van der Waals surface area contributed by atoms with Crippen LogP contribution in [0.15, 0.2) is 69.9 Å². The van der Waals surface area contributed by atoms with Crippen LogP contribution in [0.4, 0.5) is 5.69 Å². The van der Waals surface area contributed by atoms with Crippen molar-refractivity contribution in [1.29, 1.82) is 0 Å². The highest BCUT2D eigenvalue weighted by Crippen LogP contribution is 2.15. The molecular weight excluding hydrogens is 314 g/mol. The van der Waals surface area contributed by atoms with E-state index >= 15 is 0 Å². The van der Waals surface area contributed by atoms with Crippen molar-refractivity contribution in [3.05, 3.63) is 81.7 Å². The van der Waals surface area contributed by atoms with Gasteiger partial charge in [0, 0.05) is 16.5 Å². The molecule has 1 N–H and O–H groups in total. The molecule has 0 spiro atoms. The molecular formula is C18H12ClNO3. The average Bonchev–Trinajstić information content (AvgIpc) is 2.55. The van der Waals surface area contributed by atoms with Gasteiger partial charge in [0.2, 0.25) is 5.91 Å². The molecule has 0 bridgehead atoms. The van der Waals surface area contributed by atoms with Crippen LogP contribution >= 0.6 is 11.6 Å². The fraction of sp³-hybridized carbons (Fsp3) is 0. The van der Waals surface area contributed by atoms with Crippen molar-refractivity contribution < 1.29 is 9.21 Å². The first-order valence-corrected chi connectivity index (χ1v) is 7.27. The van der Waals surface area contributed by atoms with E-state index in [-0.39, 0.29) is 5.69 Å². The Hall–Kier alpha value is -2.85. The molecule has 5 heteroatoms. The minimum absolute atomic E-state index is 0.106. The Kier molecular flexibility index (Phi) is 4.26. The Balaban J connectivity index is 1.78. The van der Waals surface area contributed by atoms with Gasteiger partial charge in [0.05, 0.1) is 0 Å². The fourth-order valence-corrected chi connectivity index (χ4v) is 2.20. The first kappa shape index (κ1) is 15.1. The highest BCUT2D eigenvalue weighted by molar-refractivity contribution is 6.30. The third-order valence-corrected chi connectivity index (χ3v) is 3.45. The summed E-state index contributed by atoms with van der Waals surface area (Å²) in [6.07, 6.45) is 2.98. The molecule has 0 aliphatic rings. The summed E-state index contributed by atoms with van der Waals surface area (Å²) in [7, 11) is 0. The molecule has 1 aromatic heterocycles. The molecule has 0 atom stereocenters. The third kappa shape index (κ3) is 3.67. The lowest BCUT2D eigenvalue weighted by molar-refractivity contribution is -0.111. The first-order valence-electron chi connectivity index (χ1n) is 6.89. The topological polar surface area (TPSA) is 59.3 Å². The van der Waals surface area contributed by atoms with Gasteiger partial charge in [0.25, 0.3) is 0 Å². The molecule has 0 aliphatic carbocycles. The van der Waals surface area contributed by atoms with Gasteiger partial charge in [-0.05, 0) is 35.9 Å². The number of fused-ring (bicyclic) bond motifs is 1. The maximum atomic E-state index is 11.9. The molecule has 0 unspecified atom stereocenters. The lowest BCUT2D eigenvalue weighted by Gasteiger charge is -2.02. The Labute approximate surface area is 137 Å². The van der Waals surface area contributed by atoms with E-state index in [9.17, 15) is 9.59 Å². The van der Waals surface area contributed by atoms with Crippen LogP contribution in [0.1, 0.15) is 5.56 Å². The number of rotatable bonds is 3. The number of halogens is 1. The van der Waals surface area contributed by atoms with Gasteiger partial charge in [0.1, 0.15) is 11.3 Å². The van der Waals surface area contributed by atoms with Crippen molar-refractivity contribution >= 4 is 40.2 Å². The predicted molar refractivity (Wildman–Crippen MR) is 91.6 cm³/mol. The maximum Gasteiger partial charge on any atom is 0.360 e. The van der Waals surface area contributed by atoms with Crippen LogP contribution in [0.5, 0.6) is 0 Å². The van der Waals surface area contributed by atoms with Gasteiger partial charge >= 0.3 is 5.63 Å². The normalized spacial score (nSPS) is 11.0. The zero-order valence-electron chi connectivity index (χ0n) is 12.0. The molecule has 4 nitrogen and oxygen atoms in total. The Morgan fingerprint density at radius 1 is 1.09 bits per heavy atom. The molecule has 3 rings (SSSR count). The van der Waals surface area contributed by atoms with Gasteiger partial charge in [-0.1, -0.05) is 41.9 Å². The van der Waals surface area contributed by atoms with Crippen LogP contribution < -0.4 is 10.9 Å². The van der Waals surface area contributed by atoms with Gasteiger partial charge < -0.3 is 9.73 Å². The molecule has 114 valence electrons. The maximum absolute atomic E-state index is 11.9. The number of para-hydroxylation sites is 1. The van der Waals surface area contributed by atoms with Crippen LogP contribution in [0.25, 0.3) is 17.0 Å². The molecule has 0 fully saturated rings. The van der Waals surface area contributed by atoms with Gasteiger partial charge in [-0.25, -0.2) is 4.79 Å². The minimum atomic E-state index is -0.586. The summed E-state index contributed by atoms with van der Waals surface area (Å²) < 4.78 is 5.16. The number of anilines is 1. The van der Waals surface area contributed by atoms with E-state index in [1.807, 2.05) is 6.07 Å². The highest BCUT2D eigenvalue weighted by Gasteiger charge is 2.06. The lowest BCUT2D eigenvalue weighted by atomic mass is 10.2. The number of hydrogen-bond acceptors (Lipinski definition) is 3. The summed E-state index contributed by atoms with van der Waals surface area (Å²) >= 11 is 5.80. The van der Waals surface area contributed by atoms with Gasteiger partial charge in [-0.2, -0.15) is 0 Å². The van der Waals surface area contributed by atoms with E-state index in [0.717, 1.165) is 10.9 Å². The third-order valence-electron chi connectivity index (χ3n) is 3.20.